The first kappa shape index (κ1) is 23.8. The number of nitrogens with zero attached hydrogens (tertiary/aromatic N) is 3. The molecule has 7 heteroatoms. The number of nitrogens with one attached hydrogen (secondary N) is 1. The van der Waals surface area contributed by atoms with Gasteiger partial charge in [0.25, 0.3) is 0 Å². The summed E-state index contributed by atoms with van der Waals surface area (Å²) in [5, 5.41) is 18.5. The molecule has 2 fully saturated rings. The zero-order valence-corrected chi connectivity index (χ0v) is 21.1. The molecule has 1 saturated heterocycles. The number of hydrogen-bond donors (Lipinski definition) is 2. The van der Waals surface area contributed by atoms with Gasteiger partial charge in [0.15, 0.2) is 11.4 Å². The average molecular weight is 497 g/mol. The molecule has 2 aromatic carbocycles. The van der Waals surface area contributed by atoms with E-state index >= 15 is 0 Å². The molecule has 1 aliphatic carbocycles. The van der Waals surface area contributed by atoms with Crippen LogP contribution in [-0.2, 0) is 11.3 Å². The molecule has 1 saturated carbocycles. The van der Waals surface area contributed by atoms with E-state index in [1.807, 2.05) is 60.1 Å². The van der Waals surface area contributed by atoms with E-state index in [-0.39, 0.29) is 12.4 Å². The van der Waals surface area contributed by atoms with Crippen molar-refractivity contribution in [1.82, 2.24) is 14.6 Å². The van der Waals surface area contributed by atoms with Gasteiger partial charge in [-0.15, -0.1) is 0 Å². The van der Waals surface area contributed by atoms with E-state index in [9.17, 15) is 9.90 Å². The van der Waals surface area contributed by atoms with Crippen LogP contribution in [0.25, 0.3) is 28.2 Å². The Morgan fingerprint density at radius 1 is 1.14 bits per heavy atom. The maximum absolute atomic E-state index is 12.7. The van der Waals surface area contributed by atoms with Crippen LogP contribution in [0.15, 0.2) is 54.7 Å². The van der Waals surface area contributed by atoms with Crippen LogP contribution in [0.1, 0.15) is 47.2 Å². The fourth-order valence-corrected chi connectivity index (χ4v) is 5.16. The van der Waals surface area contributed by atoms with Gasteiger partial charge in [0.2, 0.25) is 0 Å². The first-order chi connectivity index (χ1) is 18.1. The quantitative estimate of drug-likeness (QED) is 0.306. The number of hydrogen-bond acceptors (Lipinski definition) is 6. The summed E-state index contributed by atoms with van der Waals surface area (Å²) in [6.07, 6.45) is 5.87. The molecule has 1 unspecified atom stereocenters. The zero-order valence-electron chi connectivity index (χ0n) is 21.1. The molecule has 1 atom stereocenters. The van der Waals surface area contributed by atoms with Crippen molar-refractivity contribution in [3.8, 4) is 22.5 Å². The highest BCUT2D eigenvalue weighted by molar-refractivity contribution is 5.98. The smallest absolute Gasteiger partial charge is 0.177 e. The Morgan fingerprint density at radius 2 is 2.00 bits per heavy atom. The highest BCUT2D eigenvalue weighted by Gasteiger charge is 2.26. The van der Waals surface area contributed by atoms with Crippen molar-refractivity contribution in [1.29, 1.82) is 0 Å². The van der Waals surface area contributed by atoms with Crippen molar-refractivity contribution in [2.45, 2.75) is 39.2 Å². The lowest BCUT2D eigenvalue weighted by molar-refractivity contribution is 0.0975. The van der Waals surface area contributed by atoms with Crippen LogP contribution in [0.4, 0.5) is 5.69 Å². The van der Waals surface area contributed by atoms with Crippen molar-refractivity contribution >= 4 is 17.1 Å². The summed E-state index contributed by atoms with van der Waals surface area (Å²) in [6.45, 7) is 4.29. The molecule has 1 aliphatic heterocycles. The van der Waals surface area contributed by atoms with E-state index in [2.05, 4.69) is 11.4 Å². The molecular weight excluding hydrogens is 464 g/mol. The van der Waals surface area contributed by atoms with Gasteiger partial charge < -0.3 is 15.2 Å². The number of carbonyl (C=O) groups excluding carboxylic acids is 1. The van der Waals surface area contributed by atoms with E-state index in [1.54, 1.807) is 0 Å². The molecular formula is C30H32N4O3. The summed E-state index contributed by atoms with van der Waals surface area (Å²) in [5.41, 5.74) is 7.69. The van der Waals surface area contributed by atoms with Crippen molar-refractivity contribution in [3.63, 3.8) is 0 Å². The summed E-state index contributed by atoms with van der Waals surface area (Å²) in [4.78, 5) is 17.5. The van der Waals surface area contributed by atoms with Gasteiger partial charge in [0.05, 0.1) is 36.5 Å². The van der Waals surface area contributed by atoms with E-state index in [0.29, 0.717) is 18.3 Å². The molecule has 7 nitrogen and oxygen atoms in total. The number of aromatic nitrogens is 3. The molecule has 0 radical (unpaired) electrons. The summed E-state index contributed by atoms with van der Waals surface area (Å²) in [7, 11) is 0. The van der Waals surface area contributed by atoms with Gasteiger partial charge in [-0.25, -0.2) is 9.50 Å². The first-order valence-corrected chi connectivity index (χ1v) is 13.1. The van der Waals surface area contributed by atoms with Crippen LogP contribution >= 0.6 is 0 Å². The summed E-state index contributed by atoms with van der Waals surface area (Å²) >= 11 is 0. The Kier molecular flexibility index (Phi) is 6.49. The predicted molar refractivity (Wildman–Crippen MR) is 144 cm³/mol. The minimum absolute atomic E-state index is 0.0651. The fraction of sp³-hybridized carbons (Fsp3) is 0.367. The topological polar surface area (TPSA) is 88.8 Å². The zero-order chi connectivity index (χ0) is 25.4. The second-order valence-corrected chi connectivity index (χ2v) is 10.3. The number of rotatable bonds is 9. The number of ether oxygens (including phenoxy) is 1. The number of aryl methyl sites for hydroxylation is 1. The molecule has 2 aliphatic rings. The molecule has 3 heterocycles. The Hall–Kier alpha value is -3.55. The van der Waals surface area contributed by atoms with E-state index in [1.165, 1.54) is 12.8 Å². The minimum Gasteiger partial charge on any atom is -0.392 e. The first-order valence-electron chi connectivity index (χ1n) is 13.1. The van der Waals surface area contributed by atoms with Gasteiger partial charge in [-0.2, -0.15) is 5.10 Å². The number of aliphatic hydroxyl groups excluding tert-OH is 1. The number of benzene rings is 2. The van der Waals surface area contributed by atoms with Crippen molar-refractivity contribution in [2.24, 2.45) is 11.8 Å². The summed E-state index contributed by atoms with van der Waals surface area (Å²) < 4.78 is 7.43. The molecule has 6 rings (SSSR count). The lowest BCUT2D eigenvalue weighted by atomic mass is 9.98. The standard InChI is InChI=1S/C30H32N4O3/c1-19-12-22(8-9-24(19)29(36)13-20-6-7-20)28-16-32-30-27(31-15-21-10-11-37-18-21)14-26(33-34(28)30)25-5-3-2-4-23(25)17-35/h2-5,8-9,12,14,16,20-21,31,35H,6-7,10-11,13,15,17-18H2,1H3. The number of Topliss-reactive ketones (excluding diaryl/α,β-unsaturated/α-hetero) is 1. The Balaban J connectivity index is 1.41. The average Bonchev–Trinajstić information content (AvgIpc) is 3.38. The molecule has 0 amide bonds. The third-order valence-corrected chi connectivity index (χ3v) is 7.53. The van der Waals surface area contributed by atoms with E-state index in [4.69, 9.17) is 14.8 Å². The molecule has 37 heavy (non-hydrogen) atoms. The normalized spacial score (nSPS) is 17.4. The lowest BCUT2D eigenvalue weighted by Crippen LogP contribution is -2.15. The molecule has 4 aromatic rings. The highest BCUT2D eigenvalue weighted by Crippen LogP contribution is 2.35. The van der Waals surface area contributed by atoms with Crippen molar-refractivity contribution in [3.05, 3.63) is 71.4 Å². The molecule has 190 valence electrons. The number of aliphatic hydroxyl groups is 1. The van der Waals surface area contributed by atoms with Crippen LogP contribution in [0.2, 0.25) is 0 Å². The minimum atomic E-state index is -0.0651. The van der Waals surface area contributed by atoms with Crippen LogP contribution in [0.3, 0.4) is 0 Å². The number of anilines is 1. The molecule has 0 spiro atoms. The van der Waals surface area contributed by atoms with Gasteiger partial charge in [-0.05, 0) is 55.4 Å². The Morgan fingerprint density at radius 3 is 2.76 bits per heavy atom. The van der Waals surface area contributed by atoms with E-state index < -0.39 is 0 Å². The van der Waals surface area contributed by atoms with Gasteiger partial charge in [0, 0.05) is 42.2 Å². The summed E-state index contributed by atoms with van der Waals surface area (Å²) in [6, 6.07) is 15.8. The maximum Gasteiger partial charge on any atom is 0.177 e. The van der Waals surface area contributed by atoms with Crippen LogP contribution in [0, 0.1) is 18.8 Å². The maximum atomic E-state index is 12.7. The number of fused-ring (bicyclic) bond motifs is 1. The number of imidazole rings is 1. The number of ketones is 1. The lowest BCUT2D eigenvalue weighted by Gasteiger charge is -2.15. The largest absolute Gasteiger partial charge is 0.392 e. The highest BCUT2D eigenvalue weighted by atomic mass is 16.5. The van der Waals surface area contributed by atoms with Crippen LogP contribution in [-0.4, -0.2) is 45.2 Å². The van der Waals surface area contributed by atoms with E-state index in [0.717, 1.165) is 76.7 Å². The van der Waals surface area contributed by atoms with Crippen LogP contribution in [0.5, 0.6) is 0 Å². The Labute approximate surface area is 216 Å². The fourth-order valence-electron chi connectivity index (χ4n) is 5.16. The second kappa shape index (κ2) is 10.1. The van der Waals surface area contributed by atoms with Gasteiger partial charge in [-0.3, -0.25) is 4.79 Å². The monoisotopic (exact) mass is 496 g/mol. The van der Waals surface area contributed by atoms with Crippen molar-refractivity contribution < 1.29 is 14.6 Å². The SMILES string of the molecule is Cc1cc(-c2cnc3c(NCC4CCOC4)cc(-c4ccccc4CO)nn23)ccc1C(=O)CC1CC1. The van der Waals surface area contributed by atoms with Crippen LogP contribution < -0.4 is 5.32 Å². The third kappa shape index (κ3) is 4.89. The van der Waals surface area contributed by atoms with Gasteiger partial charge in [-0.1, -0.05) is 36.4 Å². The molecule has 2 N–H and O–H groups in total. The molecule has 2 aromatic heterocycles. The van der Waals surface area contributed by atoms with Crippen molar-refractivity contribution in [2.75, 3.05) is 25.1 Å². The summed E-state index contributed by atoms with van der Waals surface area (Å²) in [5.74, 6) is 1.25. The second-order valence-electron chi connectivity index (χ2n) is 10.3. The third-order valence-electron chi connectivity index (χ3n) is 7.53. The molecule has 0 bridgehead atoms. The van der Waals surface area contributed by atoms with Gasteiger partial charge >= 0.3 is 0 Å². The predicted octanol–water partition coefficient (Wildman–Crippen LogP) is 5.30. The van der Waals surface area contributed by atoms with Gasteiger partial charge in [0.1, 0.15) is 0 Å². The Bertz CT molecular complexity index is 1450. The number of carbonyl (C=O) groups is 1.